The number of rotatable bonds is 3. The summed E-state index contributed by atoms with van der Waals surface area (Å²) >= 11 is 0. The van der Waals surface area contributed by atoms with E-state index >= 15 is 0 Å². The van der Waals surface area contributed by atoms with E-state index in [1.54, 1.807) is 24.3 Å². The van der Waals surface area contributed by atoms with E-state index in [0.717, 1.165) is 12.8 Å². The van der Waals surface area contributed by atoms with Gasteiger partial charge in [0, 0.05) is 5.92 Å². The number of hydrogen-bond acceptors (Lipinski definition) is 3. The standard InChI is InChI=1S/C15H16O3/c16-14(11-4-2-1-3-5-11)15(17)18-13-9-10-6-7-12(13)8-10/h1-7,10,12-14,16H,8-9H2/t10-,12+,13-,14-/m0/s1. The fourth-order valence-corrected chi connectivity index (χ4v) is 2.85. The van der Waals surface area contributed by atoms with Gasteiger partial charge >= 0.3 is 5.97 Å². The van der Waals surface area contributed by atoms with Gasteiger partial charge in [-0.25, -0.2) is 4.79 Å². The zero-order valence-electron chi connectivity index (χ0n) is 10.0. The van der Waals surface area contributed by atoms with Crippen LogP contribution in [0.1, 0.15) is 24.5 Å². The Hall–Kier alpha value is -1.61. The van der Waals surface area contributed by atoms with E-state index in [2.05, 4.69) is 12.2 Å². The molecule has 0 heterocycles. The highest BCUT2D eigenvalue weighted by molar-refractivity contribution is 5.76. The Morgan fingerprint density at radius 3 is 2.61 bits per heavy atom. The molecule has 0 spiro atoms. The third-order valence-corrected chi connectivity index (χ3v) is 3.82. The van der Waals surface area contributed by atoms with E-state index in [1.807, 2.05) is 6.07 Å². The Kier molecular flexibility index (Phi) is 2.92. The van der Waals surface area contributed by atoms with Crippen LogP contribution in [0, 0.1) is 11.8 Å². The van der Waals surface area contributed by atoms with Crippen molar-refractivity contribution in [3.8, 4) is 0 Å². The summed E-state index contributed by atoms with van der Waals surface area (Å²) in [7, 11) is 0. The lowest BCUT2D eigenvalue weighted by molar-refractivity contribution is -0.160. The van der Waals surface area contributed by atoms with E-state index in [4.69, 9.17) is 4.74 Å². The van der Waals surface area contributed by atoms with E-state index in [-0.39, 0.29) is 6.10 Å². The number of carbonyl (C=O) groups is 1. The summed E-state index contributed by atoms with van der Waals surface area (Å²) in [4.78, 5) is 11.9. The van der Waals surface area contributed by atoms with Crippen molar-refractivity contribution in [2.45, 2.75) is 25.0 Å². The van der Waals surface area contributed by atoms with Crippen molar-refractivity contribution >= 4 is 5.97 Å². The van der Waals surface area contributed by atoms with Crippen LogP contribution in [0.25, 0.3) is 0 Å². The molecule has 4 atom stereocenters. The Labute approximate surface area is 106 Å². The van der Waals surface area contributed by atoms with Crippen LogP contribution in [-0.4, -0.2) is 17.2 Å². The number of benzene rings is 1. The summed E-state index contributed by atoms with van der Waals surface area (Å²) in [5, 5.41) is 9.93. The van der Waals surface area contributed by atoms with Gasteiger partial charge in [-0.15, -0.1) is 0 Å². The molecule has 0 aromatic heterocycles. The summed E-state index contributed by atoms with van der Waals surface area (Å²) in [5.74, 6) is 0.371. The van der Waals surface area contributed by atoms with Gasteiger partial charge in [0.2, 0.25) is 0 Å². The minimum absolute atomic E-state index is 0.0501. The molecule has 1 fully saturated rings. The van der Waals surface area contributed by atoms with E-state index in [0.29, 0.717) is 17.4 Å². The summed E-state index contributed by atoms with van der Waals surface area (Å²) in [6.45, 7) is 0. The quantitative estimate of drug-likeness (QED) is 0.655. The molecule has 3 nitrogen and oxygen atoms in total. The van der Waals surface area contributed by atoms with Gasteiger partial charge in [-0.1, -0.05) is 42.5 Å². The van der Waals surface area contributed by atoms with E-state index < -0.39 is 12.1 Å². The van der Waals surface area contributed by atoms with Crippen molar-refractivity contribution in [2.75, 3.05) is 0 Å². The van der Waals surface area contributed by atoms with Crippen LogP contribution in [0.3, 0.4) is 0 Å². The van der Waals surface area contributed by atoms with Crippen LogP contribution < -0.4 is 0 Å². The monoisotopic (exact) mass is 244 g/mol. The number of aliphatic hydroxyl groups is 1. The zero-order chi connectivity index (χ0) is 12.5. The van der Waals surface area contributed by atoms with Gasteiger partial charge in [-0.3, -0.25) is 0 Å². The van der Waals surface area contributed by atoms with Crippen molar-refractivity contribution in [2.24, 2.45) is 11.8 Å². The van der Waals surface area contributed by atoms with Crippen LogP contribution in [-0.2, 0) is 9.53 Å². The number of ether oxygens (including phenoxy) is 1. The van der Waals surface area contributed by atoms with Crippen molar-refractivity contribution < 1.29 is 14.6 Å². The van der Waals surface area contributed by atoms with Crippen molar-refractivity contribution in [1.29, 1.82) is 0 Å². The normalized spacial score (nSPS) is 30.4. The second-order valence-corrected chi connectivity index (χ2v) is 5.07. The Morgan fingerprint density at radius 2 is 2.00 bits per heavy atom. The Morgan fingerprint density at radius 1 is 1.22 bits per heavy atom. The molecule has 0 radical (unpaired) electrons. The molecule has 2 aliphatic carbocycles. The first-order valence-corrected chi connectivity index (χ1v) is 6.36. The summed E-state index contributed by atoms with van der Waals surface area (Å²) in [6.07, 6.45) is 5.08. The van der Waals surface area contributed by atoms with Crippen LogP contribution >= 0.6 is 0 Å². The molecule has 0 aliphatic heterocycles. The number of carbonyl (C=O) groups excluding carboxylic acids is 1. The van der Waals surface area contributed by atoms with Crippen molar-refractivity contribution in [3.05, 3.63) is 48.0 Å². The molecule has 0 unspecified atom stereocenters. The summed E-state index contributed by atoms with van der Waals surface area (Å²) < 4.78 is 5.42. The molecule has 3 rings (SSSR count). The maximum absolute atomic E-state index is 11.9. The van der Waals surface area contributed by atoms with Gasteiger partial charge in [0.1, 0.15) is 6.10 Å². The van der Waals surface area contributed by atoms with Gasteiger partial charge < -0.3 is 9.84 Å². The Balaban J connectivity index is 1.63. The van der Waals surface area contributed by atoms with Gasteiger partial charge in [-0.05, 0) is 24.3 Å². The van der Waals surface area contributed by atoms with Gasteiger partial charge in [0.15, 0.2) is 6.10 Å². The predicted molar refractivity (Wildman–Crippen MR) is 66.6 cm³/mol. The van der Waals surface area contributed by atoms with Gasteiger partial charge in [0.05, 0.1) is 0 Å². The van der Waals surface area contributed by atoms with Crippen molar-refractivity contribution in [3.63, 3.8) is 0 Å². The van der Waals surface area contributed by atoms with Gasteiger partial charge in [-0.2, -0.15) is 0 Å². The number of hydrogen-bond donors (Lipinski definition) is 1. The molecule has 1 aromatic carbocycles. The SMILES string of the molecule is O=C(O[C@H]1C[C@H]2C=C[C@@H]1C2)[C@@H](O)c1ccccc1. The third kappa shape index (κ3) is 2.06. The number of allylic oxidation sites excluding steroid dienone is 1. The molecular formula is C15H16O3. The zero-order valence-corrected chi connectivity index (χ0v) is 10.0. The first-order valence-electron chi connectivity index (χ1n) is 6.36. The predicted octanol–water partition coefficient (Wildman–Crippen LogP) is 2.23. The average molecular weight is 244 g/mol. The second-order valence-electron chi connectivity index (χ2n) is 5.07. The smallest absolute Gasteiger partial charge is 0.339 e. The number of aliphatic hydroxyl groups excluding tert-OH is 1. The molecule has 94 valence electrons. The third-order valence-electron chi connectivity index (χ3n) is 3.82. The minimum atomic E-state index is -1.17. The van der Waals surface area contributed by atoms with Gasteiger partial charge in [0.25, 0.3) is 0 Å². The molecule has 1 N–H and O–H groups in total. The fourth-order valence-electron chi connectivity index (χ4n) is 2.85. The average Bonchev–Trinajstić information content (AvgIpc) is 3.01. The molecule has 1 saturated carbocycles. The lowest BCUT2D eigenvalue weighted by atomic mass is 10.0. The molecule has 0 amide bonds. The summed E-state index contributed by atoms with van der Waals surface area (Å²) in [5.41, 5.74) is 0.584. The highest BCUT2D eigenvalue weighted by Gasteiger charge is 2.39. The Bertz CT molecular complexity index is 466. The van der Waals surface area contributed by atoms with Crippen LogP contribution in [0.4, 0.5) is 0 Å². The lowest BCUT2D eigenvalue weighted by Crippen LogP contribution is -2.26. The molecule has 2 bridgehead atoms. The second kappa shape index (κ2) is 4.58. The largest absolute Gasteiger partial charge is 0.460 e. The molecule has 18 heavy (non-hydrogen) atoms. The van der Waals surface area contributed by atoms with Crippen LogP contribution in [0.5, 0.6) is 0 Å². The molecule has 0 saturated heterocycles. The first-order chi connectivity index (χ1) is 8.74. The highest BCUT2D eigenvalue weighted by Crippen LogP contribution is 2.41. The molecular weight excluding hydrogens is 228 g/mol. The molecule has 3 heteroatoms. The van der Waals surface area contributed by atoms with E-state index in [1.165, 1.54) is 0 Å². The molecule has 1 aromatic rings. The fraction of sp³-hybridized carbons (Fsp3) is 0.400. The lowest BCUT2D eigenvalue weighted by Gasteiger charge is -2.20. The number of esters is 1. The maximum atomic E-state index is 11.9. The topological polar surface area (TPSA) is 46.5 Å². The van der Waals surface area contributed by atoms with Crippen LogP contribution in [0.15, 0.2) is 42.5 Å². The minimum Gasteiger partial charge on any atom is -0.460 e. The maximum Gasteiger partial charge on any atom is 0.339 e. The first kappa shape index (κ1) is 11.5. The summed E-state index contributed by atoms with van der Waals surface area (Å²) in [6, 6.07) is 8.90. The molecule has 2 aliphatic rings. The van der Waals surface area contributed by atoms with E-state index in [9.17, 15) is 9.90 Å². The van der Waals surface area contributed by atoms with Crippen molar-refractivity contribution in [1.82, 2.24) is 0 Å². The van der Waals surface area contributed by atoms with Crippen LogP contribution in [0.2, 0.25) is 0 Å². The highest BCUT2D eigenvalue weighted by atomic mass is 16.6. The number of fused-ring (bicyclic) bond motifs is 2.